The van der Waals surface area contributed by atoms with Crippen molar-refractivity contribution in [2.75, 3.05) is 5.32 Å². The zero-order chi connectivity index (χ0) is 25.1. The molecule has 0 unspecified atom stereocenters. The fraction of sp³-hybridized carbons (Fsp3) is 0.296. The van der Waals surface area contributed by atoms with Crippen LogP contribution < -0.4 is 10.6 Å². The van der Waals surface area contributed by atoms with Gasteiger partial charge in [0.2, 0.25) is 0 Å². The van der Waals surface area contributed by atoms with Crippen LogP contribution >= 0.6 is 11.6 Å². The van der Waals surface area contributed by atoms with E-state index in [1.165, 1.54) is 6.42 Å². The lowest BCUT2D eigenvalue weighted by atomic mass is 9.95. The van der Waals surface area contributed by atoms with E-state index in [1.807, 2.05) is 25.1 Å². The van der Waals surface area contributed by atoms with Gasteiger partial charge < -0.3 is 10.6 Å². The van der Waals surface area contributed by atoms with E-state index in [4.69, 9.17) is 16.6 Å². The Morgan fingerprint density at radius 1 is 1.11 bits per heavy atom. The second-order valence-electron chi connectivity index (χ2n) is 8.94. The summed E-state index contributed by atoms with van der Waals surface area (Å²) in [7, 11) is 0. The second kappa shape index (κ2) is 10.5. The third-order valence-corrected chi connectivity index (χ3v) is 6.79. The molecule has 9 heteroatoms. The van der Waals surface area contributed by atoms with Crippen molar-refractivity contribution in [1.29, 1.82) is 0 Å². The van der Waals surface area contributed by atoms with E-state index >= 15 is 0 Å². The van der Waals surface area contributed by atoms with Crippen molar-refractivity contribution < 1.29 is 9.59 Å². The predicted octanol–water partition coefficient (Wildman–Crippen LogP) is 5.48. The van der Waals surface area contributed by atoms with E-state index in [2.05, 4.69) is 20.7 Å². The smallest absolute Gasteiger partial charge is 0.274 e. The van der Waals surface area contributed by atoms with E-state index < -0.39 is 0 Å². The molecule has 184 valence electrons. The van der Waals surface area contributed by atoms with Gasteiger partial charge in [-0.1, -0.05) is 43.0 Å². The van der Waals surface area contributed by atoms with Crippen molar-refractivity contribution in [3.63, 3.8) is 0 Å². The van der Waals surface area contributed by atoms with Gasteiger partial charge >= 0.3 is 0 Å². The zero-order valence-electron chi connectivity index (χ0n) is 20.0. The van der Waals surface area contributed by atoms with E-state index in [0.29, 0.717) is 39.4 Å². The summed E-state index contributed by atoms with van der Waals surface area (Å²) in [5.41, 5.74) is 2.83. The van der Waals surface area contributed by atoms with Gasteiger partial charge in [-0.15, -0.1) is 0 Å². The Labute approximate surface area is 214 Å². The number of aromatic nitrogens is 4. The molecule has 1 aliphatic rings. The molecule has 3 aromatic heterocycles. The first kappa shape index (κ1) is 23.9. The topological polar surface area (TPSA) is 102 Å². The maximum Gasteiger partial charge on any atom is 0.274 e. The van der Waals surface area contributed by atoms with Gasteiger partial charge in [-0.2, -0.15) is 5.10 Å². The number of fused-ring (bicyclic) bond motifs is 1. The van der Waals surface area contributed by atoms with Crippen LogP contribution in [0.4, 0.5) is 5.69 Å². The predicted molar refractivity (Wildman–Crippen MR) is 140 cm³/mol. The summed E-state index contributed by atoms with van der Waals surface area (Å²) < 4.78 is 1.65. The molecule has 1 fully saturated rings. The molecule has 5 rings (SSSR count). The highest BCUT2D eigenvalue weighted by molar-refractivity contribution is 6.35. The molecule has 0 saturated heterocycles. The van der Waals surface area contributed by atoms with Gasteiger partial charge in [0.15, 0.2) is 5.69 Å². The van der Waals surface area contributed by atoms with Crippen LogP contribution in [0.1, 0.15) is 59.9 Å². The molecule has 4 aromatic rings. The Morgan fingerprint density at radius 3 is 2.69 bits per heavy atom. The number of nitrogens with zero attached hydrogens (tertiary/aromatic N) is 4. The third kappa shape index (κ3) is 4.95. The zero-order valence-corrected chi connectivity index (χ0v) is 20.8. The summed E-state index contributed by atoms with van der Waals surface area (Å²) in [6, 6.07) is 10.9. The maximum absolute atomic E-state index is 13.6. The molecule has 2 N–H and O–H groups in total. The lowest BCUT2D eigenvalue weighted by Crippen LogP contribution is -2.36. The SMILES string of the molecule is CCn1cc(NC(=O)c2cc(-c3cccnc3)nc3c(Cl)cccc23)c(C(=O)NC2CCCCC2)n1. The van der Waals surface area contributed by atoms with Gasteiger partial charge in [-0.25, -0.2) is 4.98 Å². The molecule has 1 aromatic carbocycles. The Bertz CT molecular complexity index is 1410. The minimum absolute atomic E-state index is 0.134. The Balaban J connectivity index is 1.50. The fourth-order valence-corrected chi connectivity index (χ4v) is 4.81. The molecular formula is C27H27ClN6O2. The third-order valence-electron chi connectivity index (χ3n) is 6.48. The standard InChI is InChI=1S/C27H27ClN6O2/c1-2-34-16-23(25(33-34)27(36)30-18-9-4-3-5-10-18)32-26(35)20-14-22(17-8-7-13-29-15-17)31-24-19(20)11-6-12-21(24)28/h6-8,11-16,18H,2-5,9-10H2,1H3,(H,30,36)(H,32,35). The van der Waals surface area contributed by atoms with Gasteiger partial charge in [-0.05, 0) is 44.0 Å². The first-order valence-electron chi connectivity index (χ1n) is 12.2. The van der Waals surface area contributed by atoms with Crippen molar-refractivity contribution >= 4 is 40.0 Å². The molecule has 0 radical (unpaired) electrons. The van der Waals surface area contributed by atoms with Gasteiger partial charge in [-0.3, -0.25) is 19.3 Å². The second-order valence-corrected chi connectivity index (χ2v) is 9.35. The monoisotopic (exact) mass is 502 g/mol. The number of anilines is 1. The van der Waals surface area contributed by atoms with Crippen molar-refractivity contribution in [3.05, 3.63) is 71.3 Å². The van der Waals surface area contributed by atoms with E-state index in [-0.39, 0.29) is 23.6 Å². The number of aryl methyl sites for hydroxylation is 1. The molecule has 1 aliphatic carbocycles. The summed E-state index contributed by atoms with van der Waals surface area (Å²) in [6.45, 7) is 2.50. The molecule has 36 heavy (non-hydrogen) atoms. The Hall–Kier alpha value is -3.78. The number of carbonyl (C=O) groups is 2. The number of nitrogens with one attached hydrogen (secondary N) is 2. The van der Waals surface area contributed by atoms with Crippen molar-refractivity contribution in [3.8, 4) is 11.3 Å². The number of halogens is 1. The lowest BCUT2D eigenvalue weighted by molar-refractivity contribution is 0.0922. The minimum atomic E-state index is -0.378. The van der Waals surface area contributed by atoms with Crippen LogP contribution in [0, 0.1) is 0 Å². The van der Waals surface area contributed by atoms with E-state index in [0.717, 1.165) is 31.2 Å². The van der Waals surface area contributed by atoms with Crippen LogP contribution in [0.25, 0.3) is 22.2 Å². The molecule has 2 amide bonds. The number of rotatable bonds is 6. The first-order valence-corrected chi connectivity index (χ1v) is 12.6. The van der Waals surface area contributed by atoms with Crippen molar-refractivity contribution in [1.82, 2.24) is 25.1 Å². The van der Waals surface area contributed by atoms with Crippen LogP contribution in [-0.2, 0) is 6.54 Å². The van der Waals surface area contributed by atoms with Crippen LogP contribution in [0.15, 0.2) is 55.0 Å². The largest absolute Gasteiger partial charge is 0.348 e. The molecule has 0 spiro atoms. The first-order chi connectivity index (χ1) is 17.5. The van der Waals surface area contributed by atoms with Crippen LogP contribution in [0.3, 0.4) is 0 Å². The molecule has 3 heterocycles. The summed E-state index contributed by atoms with van der Waals surface area (Å²) >= 11 is 6.46. The number of amides is 2. The number of hydrogen-bond donors (Lipinski definition) is 2. The quantitative estimate of drug-likeness (QED) is 0.363. The number of carbonyl (C=O) groups excluding carboxylic acids is 2. The Morgan fingerprint density at radius 2 is 1.94 bits per heavy atom. The summed E-state index contributed by atoms with van der Waals surface area (Å²) in [5.74, 6) is -0.653. The molecule has 8 nitrogen and oxygen atoms in total. The maximum atomic E-state index is 13.6. The Kier molecular flexibility index (Phi) is 6.95. The highest BCUT2D eigenvalue weighted by Gasteiger charge is 2.24. The van der Waals surface area contributed by atoms with Crippen molar-refractivity contribution in [2.24, 2.45) is 0 Å². The highest BCUT2D eigenvalue weighted by atomic mass is 35.5. The minimum Gasteiger partial charge on any atom is -0.348 e. The van der Waals surface area contributed by atoms with Crippen molar-refractivity contribution in [2.45, 2.75) is 51.6 Å². The molecular weight excluding hydrogens is 476 g/mol. The van der Waals surface area contributed by atoms with Gasteiger partial charge in [0, 0.05) is 42.1 Å². The van der Waals surface area contributed by atoms with E-state index in [9.17, 15) is 9.59 Å². The van der Waals surface area contributed by atoms with Gasteiger partial charge in [0.05, 0.1) is 27.5 Å². The summed E-state index contributed by atoms with van der Waals surface area (Å²) in [4.78, 5) is 35.6. The number of para-hydroxylation sites is 1. The van der Waals surface area contributed by atoms with E-state index in [1.54, 1.807) is 41.5 Å². The fourth-order valence-electron chi connectivity index (χ4n) is 4.60. The summed E-state index contributed by atoms with van der Waals surface area (Å²) in [5, 5.41) is 11.5. The lowest BCUT2D eigenvalue weighted by Gasteiger charge is -2.22. The van der Waals surface area contributed by atoms with Crippen LogP contribution in [0.2, 0.25) is 5.02 Å². The van der Waals surface area contributed by atoms with Crippen LogP contribution in [0.5, 0.6) is 0 Å². The number of benzene rings is 1. The van der Waals surface area contributed by atoms with Gasteiger partial charge in [0.1, 0.15) is 0 Å². The average molecular weight is 503 g/mol. The average Bonchev–Trinajstić information content (AvgIpc) is 3.32. The highest BCUT2D eigenvalue weighted by Crippen LogP contribution is 2.30. The number of pyridine rings is 2. The number of hydrogen-bond acceptors (Lipinski definition) is 5. The summed E-state index contributed by atoms with van der Waals surface area (Å²) in [6.07, 6.45) is 10.4. The van der Waals surface area contributed by atoms with Crippen LogP contribution in [-0.4, -0.2) is 37.6 Å². The molecule has 1 saturated carbocycles. The molecule has 0 atom stereocenters. The van der Waals surface area contributed by atoms with Gasteiger partial charge in [0.25, 0.3) is 11.8 Å². The molecule has 0 bridgehead atoms. The normalized spacial score (nSPS) is 14.1. The molecule has 0 aliphatic heterocycles.